The molecule has 1 aliphatic carbocycles. The maximum Gasteiger partial charge on any atom is 0.0932 e. The van der Waals surface area contributed by atoms with E-state index in [0.717, 1.165) is 12.0 Å². The molecule has 0 aliphatic heterocycles. The van der Waals surface area contributed by atoms with Gasteiger partial charge in [0.05, 0.1) is 6.61 Å². The van der Waals surface area contributed by atoms with Crippen LogP contribution in [0, 0.1) is 0 Å². The molecular formula is C13H18N2O. The smallest absolute Gasteiger partial charge is 0.0932 e. The molecule has 16 heavy (non-hydrogen) atoms. The van der Waals surface area contributed by atoms with Crippen molar-refractivity contribution in [3.63, 3.8) is 0 Å². The quantitative estimate of drug-likeness (QED) is 0.744. The van der Waals surface area contributed by atoms with Crippen molar-refractivity contribution in [1.82, 2.24) is 0 Å². The van der Waals surface area contributed by atoms with Crippen molar-refractivity contribution in [2.24, 2.45) is 11.6 Å². The first-order valence-corrected chi connectivity index (χ1v) is 5.59. The van der Waals surface area contributed by atoms with E-state index in [4.69, 9.17) is 16.5 Å². The van der Waals surface area contributed by atoms with Crippen LogP contribution in [0.1, 0.15) is 30.4 Å². The van der Waals surface area contributed by atoms with Gasteiger partial charge in [0.1, 0.15) is 0 Å². The molecule has 0 amide bonds. The summed E-state index contributed by atoms with van der Waals surface area (Å²) in [5.74, 6) is 5.53. The number of hydrogen-bond donors (Lipinski definition) is 2. The zero-order valence-electron chi connectivity index (χ0n) is 9.52. The molecule has 1 aromatic carbocycles. The van der Waals surface area contributed by atoms with E-state index in [0.29, 0.717) is 12.5 Å². The molecule has 2 atom stereocenters. The maximum atomic E-state index is 6.13. The van der Waals surface area contributed by atoms with E-state index in [1.165, 1.54) is 11.1 Å². The van der Waals surface area contributed by atoms with Crippen molar-refractivity contribution in [2.45, 2.75) is 25.3 Å². The standard InChI is InChI=1S/C13H18N2O/c1-9-11-4-2-3-5-12(11)10(8-16-15)6-7-13(9)14/h2-6,9,13H,7-8,14-15H2,1H3/t9-,13-/m1/s1. The highest BCUT2D eigenvalue weighted by atomic mass is 16.6. The average molecular weight is 218 g/mol. The summed E-state index contributed by atoms with van der Waals surface area (Å²) in [7, 11) is 0. The molecule has 0 fully saturated rings. The Morgan fingerprint density at radius 2 is 2.12 bits per heavy atom. The van der Waals surface area contributed by atoms with Crippen LogP contribution in [-0.4, -0.2) is 12.6 Å². The summed E-state index contributed by atoms with van der Waals surface area (Å²) in [5.41, 5.74) is 9.78. The van der Waals surface area contributed by atoms with Gasteiger partial charge in [0.2, 0.25) is 0 Å². The second-order valence-electron chi connectivity index (χ2n) is 4.32. The fourth-order valence-corrected chi connectivity index (χ4v) is 2.24. The van der Waals surface area contributed by atoms with Crippen LogP contribution in [-0.2, 0) is 4.84 Å². The largest absolute Gasteiger partial charge is 0.327 e. The van der Waals surface area contributed by atoms with Crippen molar-refractivity contribution in [3.05, 3.63) is 41.5 Å². The predicted octanol–water partition coefficient (Wildman–Crippen LogP) is 1.79. The molecule has 3 nitrogen and oxygen atoms in total. The highest BCUT2D eigenvalue weighted by molar-refractivity contribution is 5.70. The molecule has 3 heteroatoms. The van der Waals surface area contributed by atoms with Gasteiger partial charge >= 0.3 is 0 Å². The van der Waals surface area contributed by atoms with Gasteiger partial charge in [0.25, 0.3) is 0 Å². The number of fused-ring (bicyclic) bond motifs is 1. The third-order valence-electron chi connectivity index (χ3n) is 3.31. The van der Waals surface area contributed by atoms with Gasteiger partial charge in [-0.25, -0.2) is 5.90 Å². The zero-order chi connectivity index (χ0) is 11.5. The Morgan fingerprint density at radius 1 is 1.38 bits per heavy atom. The van der Waals surface area contributed by atoms with Gasteiger partial charge < -0.3 is 5.73 Å². The molecule has 0 saturated carbocycles. The number of rotatable bonds is 2. The first-order chi connectivity index (χ1) is 7.74. The van der Waals surface area contributed by atoms with Gasteiger partial charge in [0, 0.05) is 6.04 Å². The van der Waals surface area contributed by atoms with Crippen LogP contribution in [0.5, 0.6) is 0 Å². The highest BCUT2D eigenvalue weighted by Crippen LogP contribution is 2.32. The summed E-state index contributed by atoms with van der Waals surface area (Å²) in [5, 5.41) is 0. The van der Waals surface area contributed by atoms with Gasteiger partial charge in [-0.2, -0.15) is 0 Å². The molecule has 0 spiro atoms. The molecule has 1 aliphatic rings. The summed E-state index contributed by atoms with van der Waals surface area (Å²) < 4.78 is 0. The lowest BCUT2D eigenvalue weighted by Gasteiger charge is -2.19. The molecule has 0 radical (unpaired) electrons. The summed E-state index contributed by atoms with van der Waals surface area (Å²) in [6.07, 6.45) is 3.01. The van der Waals surface area contributed by atoms with Crippen molar-refractivity contribution < 1.29 is 4.84 Å². The fraction of sp³-hybridized carbons (Fsp3) is 0.385. The van der Waals surface area contributed by atoms with Crippen molar-refractivity contribution >= 4 is 5.57 Å². The Morgan fingerprint density at radius 3 is 2.88 bits per heavy atom. The highest BCUT2D eigenvalue weighted by Gasteiger charge is 2.21. The Bertz CT molecular complexity index is 401. The summed E-state index contributed by atoms with van der Waals surface area (Å²) in [6, 6.07) is 8.49. The molecular weight excluding hydrogens is 200 g/mol. The summed E-state index contributed by atoms with van der Waals surface area (Å²) in [6.45, 7) is 2.61. The Hall–Kier alpha value is -1.16. The van der Waals surface area contributed by atoms with Gasteiger partial charge in [-0.3, -0.25) is 4.84 Å². The number of hydrogen-bond acceptors (Lipinski definition) is 3. The molecule has 86 valence electrons. The van der Waals surface area contributed by atoms with Crippen LogP contribution in [0.15, 0.2) is 30.3 Å². The van der Waals surface area contributed by atoms with E-state index in [1.54, 1.807) is 0 Å². The Balaban J connectivity index is 2.46. The van der Waals surface area contributed by atoms with Gasteiger partial charge in [-0.05, 0) is 29.0 Å². The SMILES string of the molecule is C[C@@H]1c2ccccc2C(CON)=CC[C@H]1N. The fourth-order valence-electron chi connectivity index (χ4n) is 2.24. The van der Waals surface area contributed by atoms with Crippen LogP contribution in [0.2, 0.25) is 0 Å². The van der Waals surface area contributed by atoms with E-state index in [1.807, 2.05) is 12.1 Å². The minimum Gasteiger partial charge on any atom is -0.327 e. The average Bonchev–Trinajstić information content (AvgIpc) is 2.43. The van der Waals surface area contributed by atoms with Crippen molar-refractivity contribution in [3.8, 4) is 0 Å². The van der Waals surface area contributed by atoms with Gasteiger partial charge in [-0.15, -0.1) is 0 Å². The Kier molecular flexibility index (Phi) is 3.39. The lowest BCUT2D eigenvalue weighted by Crippen LogP contribution is -2.25. The Labute approximate surface area is 96.0 Å². The van der Waals surface area contributed by atoms with Gasteiger partial charge in [-0.1, -0.05) is 37.3 Å². The number of nitrogens with two attached hydrogens (primary N) is 2. The molecule has 4 N–H and O–H groups in total. The first-order valence-electron chi connectivity index (χ1n) is 5.59. The second-order valence-corrected chi connectivity index (χ2v) is 4.32. The second kappa shape index (κ2) is 4.78. The van der Waals surface area contributed by atoms with Crippen LogP contribution in [0.4, 0.5) is 0 Å². The first kappa shape index (κ1) is 11.3. The monoisotopic (exact) mass is 218 g/mol. The van der Waals surface area contributed by atoms with Gasteiger partial charge in [0.15, 0.2) is 0 Å². The van der Waals surface area contributed by atoms with Crippen molar-refractivity contribution in [1.29, 1.82) is 0 Å². The third kappa shape index (κ3) is 2.02. The molecule has 0 unspecified atom stereocenters. The normalized spacial score (nSPS) is 24.6. The van der Waals surface area contributed by atoms with Crippen LogP contribution in [0.25, 0.3) is 5.57 Å². The molecule has 1 aromatic rings. The lowest BCUT2D eigenvalue weighted by atomic mass is 9.90. The summed E-state index contributed by atoms with van der Waals surface area (Å²) >= 11 is 0. The van der Waals surface area contributed by atoms with Crippen LogP contribution < -0.4 is 11.6 Å². The minimum absolute atomic E-state index is 0.163. The molecule has 0 heterocycles. The van der Waals surface area contributed by atoms with Crippen LogP contribution in [0.3, 0.4) is 0 Å². The third-order valence-corrected chi connectivity index (χ3v) is 3.31. The maximum absolute atomic E-state index is 6.13. The molecule has 0 aromatic heterocycles. The topological polar surface area (TPSA) is 61.3 Å². The number of benzene rings is 1. The zero-order valence-corrected chi connectivity index (χ0v) is 9.52. The van der Waals surface area contributed by atoms with E-state index < -0.39 is 0 Å². The lowest BCUT2D eigenvalue weighted by molar-refractivity contribution is 0.173. The molecule has 2 rings (SSSR count). The van der Waals surface area contributed by atoms with E-state index in [2.05, 4.69) is 25.1 Å². The predicted molar refractivity (Wildman–Crippen MR) is 65.6 cm³/mol. The molecule has 0 saturated heterocycles. The van der Waals surface area contributed by atoms with Crippen LogP contribution >= 0.6 is 0 Å². The summed E-state index contributed by atoms with van der Waals surface area (Å²) in [4.78, 5) is 4.76. The minimum atomic E-state index is 0.163. The molecule has 0 bridgehead atoms. The van der Waals surface area contributed by atoms with E-state index in [-0.39, 0.29) is 6.04 Å². The van der Waals surface area contributed by atoms with E-state index >= 15 is 0 Å². The van der Waals surface area contributed by atoms with E-state index in [9.17, 15) is 0 Å². The van der Waals surface area contributed by atoms with Crippen molar-refractivity contribution in [2.75, 3.05) is 6.61 Å².